The monoisotopic (exact) mass is 419 g/mol. The number of aromatic nitrogens is 4. The first-order valence-corrected chi connectivity index (χ1v) is 10.6. The zero-order valence-corrected chi connectivity index (χ0v) is 18.1. The van der Waals surface area contributed by atoms with E-state index >= 15 is 0 Å². The minimum Gasteiger partial charge on any atom is -0.453 e. The normalized spacial score (nSPS) is 12.4. The van der Waals surface area contributed by atoms with Crippen molar-refractivity contribution in [1.82, 2.24) is 19.5 Å². The van der Waals surface area contributed by atoms with Crippen LogP contribution >= 0.6 is 0 Å². The molecule has 6 heteroatoms. The van der Waals surface area contributed by atoms with Gasteiger partial charge in [-0.2, -0.15) is 0 Å². The third kappa shape index (κ3) is 2.69. The lowest BCUT2D eigenvalue weighted by atomic mass is 10.1. The van der Waals surface area contributed by atoms with E-state index in [1.807, 2.05) is 62.4 Å². The lowest BCUT2D eigenvalue weighted by molar-refractivity contribution is 0.476. The molecule has 32 heavy (non-hydrogen) atoms. The van der Waals surface area contributed by atoms with E-state index in [0.29, 0.717) is 0 Å². The number of aryl methyl sites for hydroxylation is 3. The van der Waals surface area contributed by atoms with Crippen LogP contribution in [0.1, 0.15) is 17.1 Å². The third-order valence-electron chi connectivity index (χ3n) is 5.76. The molecule has 0 amide bonds. The van der Waals surface area contributed by atoms with Gasteiger partial charge in [-0.05, 0) is 56.7 Å². The Labute approximate surface area is 185 Å². The quantitative estimate of drug-likeness (QED) is 0.329. The van der Waals surface area contributed by atoms with Gasteiger partial charge in [-0.3, -0.25) is 9.47 Å². The van der Waals surface area contributed by atoms with Crippen molar-refractivity contribution in [2.45, 2.75) is 20.8 Å². The van der Waals surface area contributed by atoms with Crippen molar-refractivity contribution in [3.8, 4) is 17.2 Å². The number of ether oxygens (including phenoxy) is 1. The van der Waals surface area contributed by atoms with Gasteiger partial charge in [-0.1, -0.05) is 42.5 Å². The Kier molecular flexibility index (Phi) is 4.01. The molecule has 3 heterocycles. The molecule has 5 aromatic rings. The summed E-state index contributed by atoms with van der Waals surface area (Å²) in [5.74, 6) is 3.04. The largest absolute Gasteiger partial charge is 0.453 e. The van der Waals surface area contributed by atoms with Gasteiger partial charge in [0.1, 0.15) is 11.3 Å². The fourth-order valence-electron chi connectivity index (χ4n) is 4.33. The molecule has 6 rings (SSSR count). The number of nitrogens with zero attached hydrogens (tertiary/aromatic N) is 5. The second-order valence-electron chi connectivity index (χ2n) is 7.94. The first kappa shape index (κ1) is 18.6. The number of hydrogen-bond acceptors (Lipinski definition) is 5. The van der Waals surface area contributed by atoms with E-state index in [-0.39, 0.29) is 0 Å². The molecule has 2 aromatic heterocycles. The highest BCUT2D eigenvalue weighted by Gasteiger charge is 2.31. The second-order valence-corrected chi connectivity index (χ2v) is 7.94. The van der Waals surface area contributed by atoms with Gasteiger partial charge < -0.3 is 4.74 Å². The number of para-hydroxylation sites is 5. The number of hydrogen-bond donors (Lipinski definition) is 0. The Morgan fingerprint density at radius 3 is 1.91 bits per heavy atom. The fraction of sp³-hybridized carbons (Fsp3) is 0.115. The summed E-state index contributed by atoms with van der Waals surface area (Å²) in [5, 5.41) is 0. The molecule has 0 saturated carbocycles. The maximum Gasteiger partial charge on any atom is 0.222 e. The molecule has 6 nitrogen and oxygen atoms in total. The van der Waals surface area contributed by atoms with Gasteiger partial charge in [0, 0.05) is 0 Å². The summed E-state index contributed by atoms with van der Waals surface area (Å²) >= 11 is 0. The topological polar surface area (TPSA) is 56.1 Å². The van der Waals surface area contributed by atoms with Crippen LogP contribution in [0.5, 0.6) is 11.5 Å². The summed E-state index contributed by atoms with van der Waals surface area (Å²) < 4.78 is 8.34. The van der Waals surface area contributed by atoms with Gasteiger partial charge in [-0.15, -0.1) is 0 Å². The molecule has 0 spiro atoms. The minimum atomic E-state index is 0.721. The summed E-state index contributed by atoms with van der Waals surface area (Å²) in [5.41, 5.74) is 6.46. The van der Waals surface area contributed by atoms with Crippen LogP contribution in [0.25, 0.3) is 16.9 Å². The summed E-state index contributed by atoms with van der Waals surface area (Å²) in [6, 6.07) is 24.3. The molecule has 0 unspecified atom stereocenters. The number of benzene rings is 3. The van der Waals surface area contributed by atoms with E-state index < -0.39 is 0 Å². The molecule has 0 atom stereocenters. The smallest absolute Gasteiger partial charge is 0.222 e. The van der Waals surface area contributed by atoms with Gasteiger partial charge in [0.2, 0.25) is 5.95 Å². The van der Waals surface area contributed by atoms with E-state index in [4.69, 9.17) is 14.7 Å². The molecule has 0 radical (unpaired) electrons. The molecule has 0 bridgehead atoms. The SMILES string of the molecule is Cc1nc(C)c2nc(N3c4ccccc4Oc4ccccc43)n(-c3ccccc3C)c2n1. The number of imidazole rings is 1. The summed E-state index contributed by atoms with van der Waals surface area (Å²) in [4.78, 5) is 16.6. The van der Waals surface area contributed by atoms with Gasteiger partial charge >= 0.3 is 0 Å². The number of fused-ring (bicyclic) bond motifs is 3. The van der Waals surface area contributed by atoms with Crippen LogP contribution in [0.4, 0.5) is 17.3 Å². The Bertz CT molecular complexity index is 1460. The summed E-state index contributed by atoms with van der Waals surface area (Å²) in [7, 11) is 0. The molecule has 1 aliphatic heterocycles. The first-order valence-electron chi connectivity index (χ1n) is 10.6. The molecular formula is C26H21N5O. The van der Waals surface area contributed by atoms with Crippen molar-refractivity contribution in [2.24, 2.45) is 0 Å². The predicted molar refractivity (Wildman–Crippen MR) is 126 cm³/mol. The first-order chi connectivity index (χ1) is 15.6. The van der Waals surface area contributed by atoms with Gasteiger partial charge in [0.25, 0.3) is 0 Å². The van der Waals surface area contributed by atoms with Crippen LogP contribution in [0, 0.1) is 20.8 Å². The van der Waals surface area contributed by atoms with Crippen LogP contribution < -0.4 is 9.64 Å². The summed E-state index contributed by atoms with van der Waals surface area (Å²) in [6.07, 6.45) is 0. The molecular weight excluding hydrogens is 398 g/mol. The van der Waals surface area contributed by atoms with Crippen molar-refractivity contribution >= 4 is 28.5 Å². The lowest BCUT2D eigenvalue weighted by Crippen LogP contribution is -2.19. The Morgan fingerprint density at radius 2 is 1.25 bits per heavy atom. The molecule has 1 aliphatic rings. The van der Waals surface area contributed by atoms with Crippen molar-refractivity contribution in [3.05, 3.63) is 89.9 Å². The van der Waals surface area contributed by atoms with Gasteiger partial charge in [0.05, 0.1) is 22.8 Å². The third-order valence-corrected chi connectivity index (χ3v) is 5.76. The summed E-state index contributed by atoms with van der Waals surface area (Å²) in [6.45, 7) is 6.00. The Hall–Kier alpha value is -4.19. The zero-order chi connectivity index (χ0) is 21.8. The van der Waals surface area contributed by atoms with E-state index in [9.17, 15) is 0 Å². The molecule has 3 aromatic carbocycles. The average molecular weight is 419 g/mol. The predicted octanol–water partition coefficient (Wildman–Crippen LogP) is 6.32. The minimum absolute atomic E-state index is 0.721. The van der Waals surface area contributed by atoms with Crippen LogP contribution in [-0.4, -0.2) is 19.5 Å². The van der Waals surface area contributed by atoms with Crippen molar-refractivity contribution in [1.29, 1.82) is 0 Å². The lowest BCUT2D eigenvalue weighted by Gasteiger charge is -2.32. The zero-order valence-electron chi connectivity index (χ0n) is 18.1. The average Bonchev–Trinajstić information content (AvgIpc) is 3.16. The maximum absolute atomic E-state index is 6.21. The molecule has 156 valence electrons. The van der Waals surface area contributed by atoms with Crippen LogP contribution in [0.2, 0.25) is 0 Å². The van der Waals surface area contributed by atoms with Crippen LogP contribution in [0.3, 0.4) is 0 Å². The molecule has 0 N–H and O–H groups in total. The number of anilines is 3. The Balaban J connectivity index is 1.75. The fourth-order valence-corrected chi connectivity index (χ4v) is 4.33. The highest BCUT2D eigenvalue weighted by molar-refractivity contribution is 5.89. The maximum atomic E-state index is 6.21. The van der Waals surface area contributed by atoms with Gasteiger partial charge in [0.15, 0.2) is 17.1 Å². The highest BCUT2D eigenvalue weighted by Crippen LogP contribution is 2.50. The van der Waals surface area contributed by atoms with E-state index in [1.54, 1.807) is 0 Å². The standard InChI is InChI=1S/C26H21N5O/c1-16-10-4-5-11-19(16)31-25-24(17(2)27-18(3)28-25)29-26(31)30-20-12-6-8-14-22(20)32-23-15-9-7-13-21(23)30/h4-15H,1-3H3. The van der Waals surface area contributed by atoms with Crippen molar-refractivity contribution in [3.63, 3.8) is 0 Å². The highest BCUT2D eigenvalue weighted by atomic mass is 16.5. The van der Waals surface area contributed by atoms with E-state index in [2.05, 4.69) is 45.6 Å². The second kappa shape index (κ2) is 6.92. The van der Waals surface area contributed by atoms with E-state index in [0.717, 1.165) is 62.8 Å². The van der Waals surface area contributed by atoms with Crippen molar-refractivity contribution in [2.75, 3.05) is 4.90 Å². The van der Waals surface area contributed by atoms with Crippen LogP contribution in [0.15, 0.2) is 72.8 Å². The van der Waals surface area contributed by atoms with Crippen LogP contribution in [-0.2, 0) is 0 Å². The van der Waals surface area contributed by atoms with Gasteiger partial charge in [-0.25, -0.2) is 15.0 Å². The molecule has 0 fully saturated rings. The Morgan fingerprint density at radius 1 is 0.656 bits per heavy atom. The number of rotatable bonds is 2. The van der Waals surface area contributed by atoms with Crippen molar-refractivity contribution < 1.29 is 4.74 Å². The van der Waals surface area contributed by atoms with E-state index in [1.165, 1.54) is 0 Å². The molecule has 0 aliphatic carbocycles. The molecule has 0 saturated heterocycles.